The molecule has 0 aliphatic carbocycles. The highest BCUT2D eigenvalue weighted by molar-refractivity contribution is 5.76. The second-order valence-electron chi connectivity index (χ2n) is 5.11. The second-order valence-corrected chi connectivity index (χ2v) is 5.11. The summed E-state index contributed by atoms with van der Waals surface area (Å²) in [5.74, 6) is 0.842. The van der Waals surface area contributed by atoms with E-state index in [1.165, 1.54) is 5.56 Å². The van der Waals surface area contributed by atoms with E-state index in [1.807, 2.05) is 18.2 Å². The molecule has 1 aromatic carbocycles. The Kier molecular flexibility index (Phi) is 1.94. The summed E-state index contributed by atoms with van der Waals surface area (Å²) in [6, 6.07) is 5.66. The van der Waals surface area contributed by atoms with Crippen LogP contribution in [0.15, 0.2) is 18.2 Å². The molecule has 2 heteroatoms. The van der Waals surface area contributed by atoms with E-state index in [0.717, 1.165) is 12.0 Å². The Morgan fingerprint density at radius 3 is 2.47 bits per heavy atom. The van der Waals surface area contributed by atoms with Gasteiger partial charge in [0.15, 0.2) is 0 Å². The van der Waals surface area contributed by atoms with Crippen molar-refractivity contribution in [3.05, 3.63) is 29.3 Å². The van der Waals surface area contributed by atoms with Gasteiger partial charge in [0.25, 0.3) is 0 Å². The molecule has 0 fully saturated rings. The minimum absolute atomic E-state index is 0.0241. The molecule has 0 unspecified atom stereocenters. The molecule has 0 aromatic heterocycles. The van der Waals surface area contributed by atoms with Crippen LogP contribution in [0.25, 0.3) is 0 Å². The summed E-state index contributed by atoms with van der Waals surface area (Å²) >= 11 is 0. The topological polar surface area (TPSA) is 26.3 Å². The molecule has 2 rings (SSSR count). The minimum atomic E-state index is -0.225. The maximum Gasteiger partial charge on any atom is 0.150 e. The van der Waals surface area contributed by atoms with Gasteiger partial charge in [-0.1, -0.05) is 26.0 Å². The van der Waals surface area contributed by atoms with Crippen molar-refractivity contribution in [2.45, 2.75) is 38.7 Å². The molecule has 0 saturated carbocycles. The lowest BCUT2D eigenvalue weighted by Gasteiger charge is -2.33. The first-order valence-electron chi connectivity index (χ1n) is 5.17. The normalized spacial score (nSPS) is 20.5. The number of carbonyl (C=O) groups excluding carboxylic acids is 1. The monoisotopic (exact) mass is 204 g/mol. The van der Waals surface area contributed by atoms with Gasteiger partial charge in [0.1, 0.15) is 17.6 Å². The third-order valence-corrected chi connectivity index (χ3v) is 3.69. The molecular formula is C13H16O2. The highest BCUT2D eigenvalue weighted by atomic mass is 16.5. The smallest absolute Gasteiger partial charge is 0.150 e. The molecule has 0 N–H and O–H groups in total. The molecule has 80 valence electrons. The van der Waals surface area contributed by atoms with Crippen molar-refractivity contribution >= 4 is 6.29 Å². The summed E-state index contributed by atoms with van der Waals surface area (Å²) in [5.41, 5.74) is 1.60. The molecule has 1 aliphatic rings. The average Bonchev–Trinajstić information content (AvgIpc) is 2.33. The average molecular weight is 204 g/mol. The molecular weight excluding hydrogens is 188 g/mol. The molecule has 15 heavy (non-hydrogen) atoms. The predicted octanol–water partition coefficient (Wildman–Crippen LogP) is 2.95. The Hall–Kier alpha value is -1.31. The van der Waals surface area contributed by atoms with E-state index < -0.39 is 0 Å². The number of rotatable bonds is 1. The number of hydrogen-bond acceptors (Lipinski definition) is 2. The summed E-state index contributed by atoms with van der Waals surface area (Å²) in [6.07, 6.45) is 0.849. The second kappa shape index (κ2) is 2.84. The van der Waals surface area contributed by atoms with Crippen LogP contribution < -0.4 is 4.74 Å². The van der Waals surface area contributed by atoms with Crippen LogP contribution in [-0.2, 0) is 5.41 Å². The fraction of sp³-hybridized carbons (Fsp3) is 0.462. The highest BCUT2D eigenvalue weighted by Crippen LogP contribution is 2.48. The van der Waals surface area contributed by atoms with Crippen LogP contribution >= 0.6 is 0 Å². The maximum atomic E-state index is 10.7. The van der Waals surface area contributed by atoms with Gasteiger partial charge in [0.05, 0.1) is 0 Å². The van der Waals surface area contributed by atoms with E-state index in [-0.39, 0.29) is 11.0 Å². The lowest BCUT2D eigenvalue weighted by atomic mass is 9.74. The number of ether oxygens (including phenoxy) is 1. The first kappa shape index (κ1) is 10.2. The summed E-state index contributed by atoms with van der Waals surface area (Å²) in [6.45, 7) is 8.49. The summed E-state index contributed by atoms with van der Waals surface area (Å²) in [5, 5.41) is 0. The van der Waals surface area contributed by atoms with Crippen molar-refractivity contribution < 1.29 is 9.53 Å². The number of carbonyl (C=O) groups is 1. The molecule has 2 nitrogen and oxygen atoms in total. The van der Waals surface area contributed by atoms with Crippen LogP contribution in [0.5, 0.6) is 5.75 Å². The zero-order chi connectivity index (χ0) is 11.3. The Morgan fingerprint density at radius 2 is 1.87 bits per heavy atom. The van der Waals surface area contributed by atoms with Gasteiger partial charge in [-0.25, -0.2) is 0 Å². The highest BCUT2D eigenvalue weighted by Gasteiger charge is 2.47. The largest absolute Gasteiger partial charge is 0.487 e. The van der Waals surface area contributed by atoms with Gasteiger partial charge < -0.3 is 4.74 Å². The predicted molar refractivity (Wildman–Crippen MR) is 59.6 cm³/mol. The van der Waals surface area contributed by atoms with Crippen LogP contribution in [0.1, 0.15) is 43.6 Å². The lowest BCUT2D eigenvalue weighted by Crippen LogP contribution is -2.41. The van der Waals surface area contributed by atoms with Crippen molar-refractivity contribution in [2.24, 2.45) is 0 Å². The third kappa shape index (κ3) is 1.28. The van der Waals surface area contributed by atoms with Crippen molar-refractivity contribution in [2.75, 3.05) is 0 Å². The van der Waals surface area contributed by atoms with Gasteiger partial charge in [-0.05, 0) is 19.9 Å². The fourth-order valence-electron chi connectivity index (χ4n) is 1.94. The minimum Gasteiger partial charge on any atom is -0.487 e. The molecule has 0 atom stereocenters. The summed E-state index contributed by atoms with van der Waals surface area (Å²) < 4.78 is 5.89. The van der Waals surface area contributed by atoms with Gasteiger partial charge in [-0.15, -0.1) is 0 Å². The maximum absolute atomic E-state index is 10.7. The Labute approximate surface area is 90.3 Å². The molecule has 0 radical (unpaired) electrons. The number of fused-ring (bicyclic) bond motifs is 1. The van der Waals surface area contributed by atoms with Crippen LogP contribution in [0.3, 0.4) is 0 Å². The molecule has 1 aliphatic heterocycles. The molecule has 0 spiro atoms. The van der Waals surface area contributed by atoms with Crippen molar-refractivity contribution in [3.8, 4) is 5.75 Å². The van der Waals surface area contributed by atoms with E-state index in [2.05, 4.69) is 27.7 Å². The van der Waals surface area contributed by atoms with Crippen molar-refractivity contribution in [1.29, 1.82) is 0 Å². The van der Waals surface area contributed by atoms with E-state index in [0.29, 0.717) is 5.56 Å². The number of hydrogen-bond donors (Lipinski definition) is 0. The molecule has 0 amide bonds. The Balaban J connectivity index is 2.58. The number of aldehydes is 1. The summed E-state index contributed by atoms with van der Waals surface area (Å²) in [4.78, 5) is 10.7. The van der Waals surface area contributed by atoms with Crippen molar-refractivity contribution in [3.63, 3.8) is 0 Å². The molecule has 0 bridgehead atoms. The molecule has 1 aromatic rings. The molecule has 1 heterocycles. The Bertz CT molecular complexity index is 417. The SMILES string of the molecule is CC1(C)Oc2cc(C=O)ccc2C1(C)C. The Morgan fingerprint density at radius 1 is 1.20 bits per heavy atom. The zero-order valence-electron chi connectivity index (χ0n) is 9.63. The van der Waals surface area contributed by atoms with Gasteiger partial charge >= 0.3 is 0 Å². The lowest BCUT2D eigenvalue weighted by molar-refractivity contribution is 0.0712. The molecule has 0 saturated heterocycles. The van der Waals surface area contributed by atoms with Crippen molar-refractivity contribution in [1.82, 2.24) is 0 Å². The quantitative estimate of drug-likeness (QED) is 0.657. The van der Waals surface area contributed by atoms with Gasteiger partial charge in [0.2, 0.25) is 0 Å². The van der Waals surface area contributed by atoms with E-state index in [4.69, 9.17) is 4.74 Å². The van der Waals surface area contributed by atoms with E-state index in [1.54, 1.807) is 0 Å². The van der Waals surface area contributed by atoms with E-state index >= 15 is 0 Å². The van der Waals surface area contributed by atoms with Gasteiger partial charge in [-0.2, -0.15) is 0 Å². The van der Waals surface area contributed by atoms with Gasteiger partial charge in [0, 0.05) is 16.5 Å². The van der Waals surface area contributed by atoms with E-state index in [9.17, 15) is 4.79 Å². The first-order chi connectivity index (χ1) is 6.88. The van der Waals surface area contributed by atoms with Gasteiger partial charge in [-0.3, -0.25) is 4.79 Å². The van der Waals surface area contributed by atoms with Crippen LogP contribution in [-0.4, -0.2) is 11.9 Å². The van der Waals surface area contributed by atoms with Crippen LogP contribution in [0.4, 0.5) is 0 Å². The van der Waals surface area contributed by atoms with Crippen LogP contribution in [0, 0.1) is 0 Å². The summed E-state index contributed by atoms with van der Waals surface area (Å²) in [7, 11) is 0. The standard InChI is InChI=1S/C13H16O2/c1-12(2)10-6-5-9(8-14)7-11(10)15-13(12,3)4/h5-8H,1-4H3. The first-order valence-corrected chi connectivity index (χ1v) is 5.17. The zero-order valence-corrected chi connectivity index (χ0v) is 9.63. The third-order valence-electron chi connectivity index (χ3n) is 3.69. The van der Waals surface area contributed by atoms with Crippen LogP contribution in [0.2, 0.25) is 0 Å². The fourth-order valence-corrected chi connectivity index (χ4v) is 1.94. The number of benzene rings is 1.